The first-order chi connectivity index (χ1) is 7.70. The first-order valence-corrected chi connectivity index (χ1v) is 5.75. The molecule has 86 valence electrons. The summed E-state index contributed by atoms with van der Waals surface area (Å²) in [5.41, 5.74) is 0.400. The van der Waals surface area contributed by atoms with Crippen molar-refractivity contribution in [2.45, 2.75) is 31.7 Å². The zero-order chi connectivity index (χ0) is 11.5. The molecule has 16 heavy (non-hydrogen) atoms. The van der Waals surface area contributed by atoms with Crippen molar-refractivity contribution in [3.8, 4) is 5.75 Å². The molecular weight excluding hydrogens is 202 g/mol. The minimum Gasteiger partial charge on any atom is -0.507 e. The minimum absolute atomic E-state index is 0.0670. The van der Waals surface area contributed by atoms with Crippen LogP contribution >= 0.6 is 0 Å². The summed E-state index contributed by atoms with van der Waals surface area (Å²) in [6, 6.07) is 7.06. The van der Waals surface area contributed by atoms with Crippen molar-refractivity contribution in [1.29, 1.82) is 0 Å². The van der Waals surface area contributed by atoms with E-state index < -0.39 is 0 Å². The molecule has 0 aromatic heterocycles. The van der Waals surface area contributed by atoms with Crippen molar-refractivity contribution in [3.63, 3.8) is 0 Å². The van der Waals surface area contributed by atoms with E-state index in [9.17, 15) is 9.90 Å². The van der Waals surface area contributed by atoms with Crippen LogP contribution in [0, 0.1) is 0 Å². The van der Waals surface area contributed by atoms with Gasteiger partial charge in [0.05, 0.1) is 5.56 Å². The van der Waals surface area contributed by atoms with E-state index in [4.69, 9.17) is 0 Å². The molecule has 2 rings (SSSR count). The number of benzene rings is 1. The fourth-order valence-corrected chi connectivity index (χ4v) is 2.30. The molecule has 0 atom stereocenters. The molecule has 1 aliphatic carbocycles. The number of carbonyl (C=O) groups is 1. The fraction of sp³-hybridized carbons (Fsp3) is 0.462. The van der Waals surface area contributed by atoms with Crippen molar-refractivity contribution in [1.82, 2.24) is 4.90 Å². The number of rotatable bonds is 2. The molecule has 1 aliphatic rings. The smallest absolute Gasteiger partial charge is 0.257 e. The molecule has 3 nitrogen and oxygen atoms in total. The number of carbonyl (C=O) groups excluding carboxylic acids is 1. The van der Waals surface area contributed by atoms with E-state index in [0.29, 0.717) is 11.6 Å². The van der Waals surface area contributed by atoms with Crippen LogP contribution < -0.4 is 0 Å². The first kappa shape index (κ1) is 11.0. The Morgan fingerprint density at radius 2 is 1.94 bits per heavy atom. The van der Waals surface area contributed by atoms with Gasteiger partial charge in [-0.2, -0.15) is 0 Å². The van der Waals surface area contributed by atoms with Gasteiger partial charge in [-0.1, -0.05) is 25.0 Å². The first-order valence-electron chi connectivity index (χ1n) is 5.75. The van der Waals surface area contributed by atoms with E-state index in [1.54, 1.807) is 29.2 Å². The monoisotopic (exact) mass is 219 g/mol. The Hall–Kier alpha value is -1.51. The van der Waals surface area contributed by atoms with E-state index in [2.05, 4.69) is 0 Å². The van der Waals surface area contributed by atoms with Crippen LogP contribution in [0.5, 0.6) is 5.75 Å². The molecule has 0 bridgehead atoms. The van der Waals surface area contributed by atoms with Crippen molar-refractivity contribution in [2.24, 2.45) is 0 Å². The predicted octanol–water partition coefficient (Wildman–Crippen LogP) is 2.41. The third-order valence-corrected chi connectivity index (χ3v) is 3.33. The van der Waals surface area contributed by atoms with Gasteiger partial charge in [0.15, 0.2) is 0 Å². The van der Waals surface area contributed by atoms with Gasteiger partial charge in [-0.25, -0.2) is 0 Å². The minimum atomic E-state index is -0.0787. The van der Waals surface area contributed by atoms with Gasteiger partial charge in [-0.3, -0.25) is 4.79 Å². The van der Waals surface area contributed by atoms with Gasteiger partial charge in [0.1, 0.15) is 5.75 Å². The maximum atomic E-state index is 12.1. The van der Waals surface area contributed by atoms with E-state index in [-0.39, 0.29) is 11.7 Å². The summed E-state index contributed by atoms with van der Waals surface area (Å²) in [5, 5.41) is 9.63. The van der Waals surface area contributed by atoms with Crippen LogP contribution in [0.2, 0.25) is 0 Å². The Balaban J connectivity index is 2.15. The van der Waals surface area contributed by atoms with Crippen LogP contribution in [0.3, 0.4) is 0 Å². The number of hydrogen-bond acceptors (Lipinski definition) is 2. The van der Waals surface area contributed by atoms with Gasteiger partial charge in [0.2, 0.25) is 0 Å². The van der Waals surface area contributed by atoms with Crippen LogP contribution in [0.4, 0.5) is 0 Å². The molecule has 3 heteroatoms. The lowest BCUT2D eigenvalue weighted by atomic mass is 10.1. The van der Waals surface area contributed by atoms with E-state index in [1.165, 1.54) is 12.8 Å². The Kier molecular flexibility index (Phi) is 3.13. The summed E-state index contributed by atoms with van der Waals surface area (Å²) in [6.45, 7) is 0. The molecule has 0 spiro atoms. The maximum Gasteiger partial charge on any atom is 0.257 e. The fourth-order valence-electron chi connectivity index (χ4n) is 2.30. The molecule has 0 aliphatic heterocycles. The number of aromatic hydroxyl groups is 1. The zero-order valence-electron chi connectivity index (χ0n) is 9.52. The second-order valence-electron chi connectivity index (χ2n) is 4.37. The molecular formula is C13H17NO2. The van der Waals surface area contributed by atoms with Crippen LogP contribution in [0.15, 0.2) is 24.3 Å². The quantitative estimate of drug-likeness (QED) is 0.829. The summed E-state index contributed by atoms with van der Waals surface area (Å²) in [7, 11) is 1.82. The molecule has 0 unspecified atom stereocenters. The van der Waals surface area contributed by atoms with E-state index in [0.717, 1.165) is 12.8 Å². The van der Waals surface area contributed by atoms with Crippen molar-refractivity contribution >= 4 is 5.91 Å². The summed E-state index contributed by atoms with van der Waals surface area (Å²) in [6.07, 6.45) is 4.55. The molecule has 1 aromatic carbocycles. The predicted molar refractivity (Wildman–Crippen MR) is 62.5 cm³/mol. The molecule has 1 aromatic rings. The highest BCUT2D eigenvalue weighted by Gasteiger charge is 2.25. The normalized spacial score (nSPS) is 16.3. The Labute approximate surface area is 95.7 Å². The number of phenols is 1. The summed E-state index contributed by atoms with van der Waals surface area (Å²) in [4.78, 5) is 13.9. The van der Waals surface area contributed by atoms with Gasteiger partial charge in [0.25, 0.3) is 5.91 Å². The van der Waals surface area contributed by atoms with Gasteiger partial charge in [-0.15, -0.1) is 0 Å². The van der Waals surface area contributed by atoms with Gasteiger partial charge in [-0.05, 0) is 25.0 Å². The average molecular weight is 219 g/mol. The molecule has 1 fully saturated rings. The standard InChI is InChI=1S/C13H17NO2/c1-14(10-6-2-3-7-10)13(16)11-8-4-5-9-12(11)15/h4-5,8-10,15H,2-3,6-7H2,1H3. The lowest BCUT2D eigenvalue weighted by Crippen LogP contribution is -2.35. The summed E-state index contributed by atoms with van der Waals surface area (Å²) >= 11 is 0. The van der Waals surface area contributed by atoms with Crippen LogP contribution in [-0.2, 0) is 0 Å². The number of phenolic OH excluding ortho intramolecular Hbond substituents is 1. The van der Waals surface area contributed by atoms with Crippen LogP contribution in [0.25, 0.3) is 0 Å². The SMILES string of the molecule is CN(C(=O)c1ccccc1O)C1CCCC1. The van der Waals surface area contributed by atoms with Crippen LogP contribution in [0.1, 0.15) is 36.0 Å². The lowest BCUT2D eigenvalue weighted by molar-refractivity contribution is 0.0732. The average Bonchev–Trinajstić information content (AvgIpc) is 2.81. The topological polar surface area (TPSA) is 40.5 Å². The number of para-hydroxylation sites is 1. The summed E-state index contributed by atoms with van der Waals surface area (Å²) in [5.74, 6) is -0.0117. The molecule has 1 amide bonds. The second-order valence-corrected chi connectivity index (χ2v) is 4.37. The zero-order valence-corrected chi connectivity index (χ0v) is 9.52. The van der Waals surface area contributed by atoms with Crippen molar-refractivity contribution in [2.75, 3.05) is 7.05 Å². The van der Waals surface area contributed by atoms with Gasteiger partial charge >= 0.3 is 0 Å². The maximum absolute atomic E-state index is 12.1. The highest BCUT2D eigenvalue weighted by Crippen LogP contribution is 2.25. The Morgan fingerprint density at radius 1 is 1.31 bits per heavy atom. The highest BCUT2D eigenvalue weighted by atomic mass is 16.3. The molecule has 1 saturated carbocycles. The van der Waals surface area contributed by atoms with E-state index >= 15 is 0 Å². The van der Waals surface area contributed by atoms with Crippen molar-refractivity contribution in [3.05, 3.63) is 29.8 Å². The largest absolute Gasteiger partial charge is 0.507 e. The van der Waals surface area contributed by atoms with Crippen LogP contribution in [-0.4, -0.2) is 29.0 Å². The van der Waals surface area contributed by atoms with Crippen molar-refractivity contribution < 1.29 is 9.90 Å². The van der Waals surface area contributed by atoms with Gasteiger partial charge < -0.3 is 10.0 Å². The third kappa shape index (κ3) is 2.03. The summed E-state index contributed by atoms with van der Waals surface area (Å²) < 4.78 is 0. The molecule has 0 radical (unpaired) electrons. The number of nitrogens with zero attached hydrogens (tertiary/aromatic N) is 1. The van der Waals surface area contributed by atoms with E-state index in [1.807, 2.05) is 7.05 Å². The Morgan fingerprint density at radius 3 is 2.56 bits per heavy atom. The third-order valence-electron chi connectivity index (χ3n) is 3.33. The number of amides is 1. The Bertz CT molecular complexity index is 383. The molecule has 1 N–H and O–H groups in total. The molecule has 0 saturated heterocycles. The highest BCUT2D eigenvalue weighted by molar-refractivity contribution is 5.96. The lowest BCUT2D eigenvalue weighted by Gasteiger charge is -2.24. The number of hydrogen-bond donors (Lipinski definition) is 1. The van der Waals surface area contributed by atoms with Gasteiger partial charge in [0, 0.05) is 13.1 Å². The molecule has 0 heterocycles. The second kappa shape index (κ2) is 4.56.